The summed E-state index contributed by atoms with van der Waals surface area (Å²) >= 11 is 0. The van der Waals surface area contributed by atoms with E-state index in [1.54, 1.807) is 0 Å². The summed E-state index contributed by atoms with van der Waals surface area (Å²) in [5.74, 6) is 1.97. The molecule has 1 saturated heterocycles. The van der Waals surface area contributed by atoms with Crippen LogP contribution in [0.15, 0.2) is 4.99 Å². The van der Waals surface area contributed by atoms with Gasteiger partial charge in [-0.3, -0.25) is 14.8 Å². The van der Waals surface area contributed by atoms with Crippen molar-refractivity contribution in [2.75, 3.05) is 32.8 Å². The van der Waals surface area contributed by atoms with Crippen LogP contribution in [0.5, 0.6) is 0 Å². The molecule has 0 spiro atoms. The van der Waals surface area contributed by atoms with Gasteiger partial charge in [0.25, 0.3) is 0 Å². The lowest BCUT2D eigenvalue weighted by atomic mass is 9.80. The summed E-state index contributed by atoms with van der Waals surface area (Å²) in [7, 11) is 0. The van der Waals surface area contributed by atoms with E-state index in [4.69, 9.17) is 0 Å². The van der Waals surface area contributed by atoms with Crippen LogP contribution in [-0.4, -0.2) is 55.4 Å². The maximum Gasteiger partial charge on any atom is 0.0903 e. The number of aliphatic imine (C=N–C) groups is 1. The van der Waals surface area contributed by atoms with Crippen molar-refractivity contribution >= 4 is 6.72 Å². The van der Waals surface area contributed by atoms with Crippen molar-refractivity contribution in [3.05, 3.63) is 0 Å². The Morgan fingerprint density at radius 3 is 2.37 bits per heavy atom. The van der Waals surface area contributed by atoms with E-state index in [-0.39, 0.29) is 0 Å². The number of rotatable bonds is 5. The van der Waals surface area contributed by atoms with Crippen molar-refractivity contribution in [2.24, 2.45) is 16.8 Å². The molecule has 0 N–H and O–H groups in total. The summed E-state index contributed by atoms with van der Waals surface area (Å²) in [5.41, 5.74) is 0. The van der Waals surface area contributed by atoms with Crippen LogP contribution in [0.1, 0.15) is 46.0 Å². The highest BCUT2D eigenvalue weighted by molar-refractivity contribution is 5.22. The third-order valence-electron chi connectivity index (χ3n) is 5.19. The van der Waals surface area contributed by atoms with Gasteiger partial charge in [-0.2, -0.15) is 0 Å². The average molecular weight is 265 g/mol. The monoisotopic (exact) mass is 265 g/mol. The van der Waals surface area contributed by atoms with E-state index in [0.29, 0.717) is 6.04 Å². The lowest BCUT2D eigenvalue weighted by Gasteiger charge is -2.41. The fraction of sp³-hybridized carbons (Fsp3) is 0.938. The third kappa shape index (κ3) is 4.28. The molecule has 0 unspecified atom stereocenters. The third-order valence-corrected chi connectivity index (χ3v) is 5.19. The van der Waals surface area contributed by atoms with E-state index >= 15 is 0 Å². The molecular weight excluding hydrogens is 234 g/mol. The quantitative estimate of drug-likeness (QED) is 0.712. The smallest absolute Gasteiger partial charge is 0.0903 e. The van der Waals surface area contributed by atoms with Gasteiger partial charge in [-0.1, -0.05) is 26.2 Å². The van der Waals surface area contributed by atoms with Crippen molar-refractivity contribution in [1.82, 2.24) is 9.80 Å². The number of piperazine rings is 1. The van der Waals surface area contributed by atoms with E-state index in [0.717, 1.165) is 31.6 Å². The SMILES string of the molecule is C=NCN1CCN(CC2CCC(CC)CC2)[C@@H](C)C1. The Kier molecular flexibility index (Phi) is 5.83. The molecule has 2 rings (SSSR count). The summed E-state index contributed by atoms with van der Waals surface area (Å²) in [6.45, 7) is 14.0. The lowest BCUT2D eigenvalue weighted by Crippen LogP contribution is -2.53. The summed E-state index contributed by atoms with van der Waals surface area (Å²) in [4.78, 5) is 9.13. The maximum absolute atomic E-state index is 4.01. The van der Waals surface area contributed by atoms with Crippen molar-refractivity contribution in [3.63, 3.8) is 0 Å². The first kappa shape index (κ1) is 15.0. The van der Waals surface area contributed by atoms with Crippen LogP contribution >= 0.6 is 0 Å². The largest absolute Gasteiger partial charge is 0.298 e. The summed E-state index contributed by atoms with van der Waals surface area (Å²) in [6, 6.07) is 0.680. The van der Waals surface area contributed by atoms with Gasteiger partial charge in [-0.05, 0) is 38.3 Å². The number of nitrogens with zero attached hydrogens (tertiary/aromatic N) is 3. The molecule has 3 nitrogen and oxygen atoms in total. The summed E-state index contributed by atoms with van der Waals surface area (Å²) in [5, 5.41) is 0. The van der Waals surface area contributed by atoms with Gasteiger partial charge in [0.15, 0.2) is 0 Å². The topological polar surface area (TPSA) is 18.8 Å². The molecule has 1 atom stereocenters. The van der Waals surface area contributed by atoms with Crippen LogP contribution in [0.2, 0.25) is 0 Å². The Labute approximate surface area is 119 Å². The predicted molar refractivity (Wildman–Crippen MR) is 82.8 cm³/mol. The maximum atomic E-state index is 4.01. The zero-order valence-electron chi connectivity index (χ0n) is 12.9. The molecule has 0 radical (unpaired) electrons. The summed E-state index contributed by atoms with van der Waals surface area (Å²) in [6.07, 6.45) is 7.24. The molecule has 0 aromatic rings. The van der Waals surface area contributed by atoms with E-state index in [1.165, 1.54) is 45.2 Å². The normalized spacial score (nSPS) is 34.3. The van der Waals surface area contributed by atoms with E-state index < -0.39 is 0 Å². The van der Waals surface area contributed by atoms with E-state index in [9.17, 15) is 0 Å². The van der Waals surface area contributed by atoms with Crippen molar-refractivity contribution in [1.29, 1.82) is 0 Å². The Bertz CT molecular complexity index is 271. The molecule has 1 heterocycles. The van der Waals surface area contributed by atoms with Gasteiger partial charge in [-0.25, -0.2) is 0 Å². The molecule has 2 aliphatic rings. The molecule has 2 fully saturated rings. The number of hydrogen-bond donors (Lipinski definition) is 0. The molecule has 0 aromatic heterocycles. The Hall–Kier alpha value is -0.410. The van der Waals surface area contributed by atoms with Gasteiger partial charge >= 0.3 is 0 Å². The van der Waals surface area contributed by atoms with Crippen LogP contribution in [0.4, 0.5) is 0 Å². The zero-order chi connectivity index (χ0) is 13.7. The highest BCUT2D eigenvalue weighted by atomic mass is 15.3. The van der Waals surface area contributed by atoms with E-state index in [2.05, 4.69) is 35.4 Å². The van der Waals surface area contributed by atoms with Gasteiger partial charge in [0.05, 0.1) is 6.67 Å². The summed E-state index contributed by atoms with van der Waals surface area (Å²) < 4.78 is 0. The van der Waals surface area contributed by atoms with Gasteiger partial charge in [0, 0.05) is 32.2 Å². The second-order valence-corrected chi connectivity index (χ2v) is 6.58. The van der Waals surface area contributed by atoms with Gasteiger partial charge in [-0.15, -0.1) is 0 Å². The fourth-order valence-electron chi connectivity index (χ4n) is 3.77. The molecule has 0 amide bonds. The van der Waals surface area contributed by atoms with Crippen LogP contribution in [0.25, 0.3) is 0 Å². The van der Waals surface area contributed by atoms with Crippen molar-refractivity contribution in [3.8, 4) is 0 Å². The van der Waals surface area contributed by atoms with Crippen molar-refractivity contribution < 1.29 is 0 Å². The highest BCUT2D eigenvalue weighted by Crippen LogP contribution is 2.31. The van der Waals surface area contributed by atoms with Crippen LogP contribution in [0.3, 0.4) is 0 Å². The van der Waals surface area contributed by atoms with Gasteiger partial charge < -0.3 is 0 Å². The minimum atomic E-state index is 0.680. The molecule has 1 aliphatic carbocycles. The molecule has 3 heteroatoms. The fourth-order valence-corrected chi connectivity index (χ4v) is 3.77. The highest BCUT2D eigenvalue weighted by Gasteiger charge is 2.27. The number of hydrogen-bond acceptors (Lipinski definition) is 3. The van der Waals surface area contributed by atoms with Gasteiger partial charge in [0.2, 0.25) is 0 Å². The van der Waals surface area contributed by atoms with Crippen LogP contribution < -0.4 is 0 Å². The van der Waals surface area contributed by atoms with Crippen LogP contribution in [0, 0.1) is 11.8 Å². The zero-order valence-corrected chi connectivity index (χ0v) is 12.9. The lowest BCUT2D eigenvalue weighted by molar-refractivity contribution is 0.0631. The molecular formula is C16H31N3. The molecule has 110 valence electrons. The van der Waals surface area contributed by atoms with Crippen molar-refractivity contribution in [2.45, 2.75) is 52.0 Å². The predicted octanol–water partition coefficient (Wildman–Crippen LogP) is 2.87. The van der Waals surface area contributed by atoms with Crippen LogP contribution in [-0.2, 0) is 0 Å². The molecule has 0 bridgehead atoms. The Balaban J connectivity index is 1.73. The average Bonchev–Trinajstić information content (AvgIpc) is 2.43. The second-order valence-electron chi connectivity index (χ2n) is 6.58. The first-order valence-electron chi connectivity index (χ1n) is 8.11. The minimum Gasteiger partial charge on any atom is -0.298 e. The van der Waals surface area contributed by atoms with E-state index in [1.807, 2.05) is 0 Å². The standard InChI is InChI=1S/C16H31N3/c1-4-15-5-7-16(8-6-15)12-19-10-9-18(13-17-3)11-14(19)2/h14-16H,3-13H2,1-2H3/t14-,15?,16?/m0/s1. The molecule has 1 saturated carbocycles. The minimum absolute atomic E-state index is 0.680. The second kappa shape index (κ2) is 7.39. The Morgan fingerprint density at radius 2 is 1.79 bits per heavy atom. The molecule has 1 aliphatic heterocycles. The first-order valence-corrected chi connectivity index (χ1v) is 8.11. The van der Waals surface area contributed by atoms with Gasteiger partial charge in [0.1, 0.15) is 0 Å². The molecule has 0 aromatic carbocycles. The molecule has 19 heavy (non-hydrogen) atoms. The first-order chi connectivity index (χ1) is 9.22. The Morgan fingerprint density at radius 1 is 1.11 bits per heavy atom.